The van der Waals surface area contributed by atoms with Gasteiger partial charge in [-0.25, -0.2) is 0 Å². The Morgan fingerprint density at radius 1 is 1.00 bits per heavy atom. The second-order valence-corrected chi connectivity index (χ2v) is 8.29. The average molecular weight is 471 g/mol. The number of carbonyl (C=O) groups excluding carboxylic acids is 4. The fourth-order valence-electron chi connectivity index (χ4n) is 3.72. The van der Waals surface area contributed by atoms with Crippen molar-refractivity contribution in [3.05, 3.63) is 52.5 Å². The summed E-state index contributed by atoms with van der Waals surface area (Å²) in [5, 5.41) is 0. The number of imide groups is 1. The number of hydrogen-bond donors (Lipinski definition) is 0. The molecule has 7 nitrogen and oxygen atoms in total. The number of benzene rings is 2. The molecular formula is C22H19BrN2O5. The standard InChI is InChI=1S/C22H19BrN2O5/c1-13-10-17(6-7-18(13)25-19(26)8-9-20(25)27)30-22(29)14-11-21(28)24(12-14)16-4-2-15(23)3-5-16/h2-7,10,14H,8-9,11-12H2,1H3/t14-/m0/s1. The van der Waals surface area contributed by atoms with Gasteiger partial charge in [0, 0.05) is 36.0 Å². The fraction of sp³-hybridized carbons (Fsp3) is 0.273. The van der Waals surface area contributed by atoms with Gasteiger partial charge >= 0.3 is 5.97 Å². The largest absolute Gasteiger partial charge is 0.426 e. The van der Waals surface area contributed by atoms with Crippen LogP contribution in [0.15, 0.2) is 46.9 Å². The van der Waals surface area contributed by atoms with Crippen LogP contribution in [0.5, 0.6) is 5.75 Å². The van der Waals surface area contributed by atoms with Gasteiger partial charge in [-0.15, -0.1) is 0 Å². The highest BCUT2D eigenvalue weighted by molar-refractivity contribution is 9.10. The Labute approximate surface area is 181 Å². The van der Waals surface area contributed by atoms with Gasteiger partial charge in [-0.05, 0) is 55.0 Å². The summed E-state index contributed by atoms with van der Waals surface area (Å²) in [6.07, 6.45) is 0.502. The van der Waals surface area contributed by atoms with Crippen molar-refractivity contribution < 1.29 is 23.9 Å². The Hall–Kier alpha value is -3.00. The summed E-state index contributed by atoms with van der Waals surface area (Å²) in [5.74, 6) is -1.33. The zero-order valence-corrected chi connectivity index (χ0v) is 17.8. The van der Waals surface area contributed by atoms with E-state index in [9.17, 15) is 19.2 Å². The van der Waals surface area contributed by atoms with Gasteiger partial charge in [0.05, 0.1) is 11.6 Å². The van der Waals surface area contributed by atoms with Crippen molar-refractivity contribution in [2.75, 3.05) is 16.3 Å². The molecule has 0 N–H and O–H groups in total. The molecule has 1 atom stereocenters. The van der Waals surface area contributed by atoms with Gasteiger partial charge in [-0.1, -0.05) is 15.9 Å². The first kappa shape index (κ1) is 20.3. The second-order valence-electron chi connectivity index (χ2n) is 7.37. The number of halogens is 1. The van der Waals surface area contributed by atoms with Crippen molar-refractivity contribution in [2.45, 2.75) is 26.2 Å². The first-order valence-corrected chi connectivity index (χ1v) is 10.4. The zero-order valence-electron chi connectivity index (χ0n) is 16.3. The Morgan fingerprint density at radius 2 is 1.67 bits per heavy atom. The highest BCUT2D eigenvalue weighted by Crippen LogP contribution is 2.31. The summed E-state index contributed by atoms with van der Waals surface area (Å²) in [5.41, 5.74) is 1.89. The molecule has 0 radical (unpaired) electrons. The van der Waals surface area contributed by atoms with Crippen LogP contribution in [0.2, 0.25) is 0 Å². The minimum atomic E-state index is -0.567. The molecular weight excluding hydrogens is 452 g/mol. The van der Waals surface area contributed by atoms with E-state index in [4.69, 9.17) is 4.74 Å². The third-order valence-electron chi connectivity index (χ3n) is 5.28. The summed E-state index contributed by atoms with van der Waals surface area (Å²) >= 11 is 3.36. The number of amides is 3. The SMILES string of the molecule is Cc1cc(OC(=O)[C@H]2CC(=O)N(c3ccc(Br)cc3)C2)ccc1N1C(=O)CCC1=O. The molecule has 0 unspecified atom stereocenters. The smallest absolute Gasteiger partial charge is 0.316 e. The molecule has 0 saturated carbocycles. The minimum absolute atomic E-state index is 0.0861. The molecule has 2 aromatic rings. The monoisotopic (exact) mass is 470 g/mol. The normalized spacial score (nSPS) is 19.0. The number of anilines is 2. The summed E-state index contributed by atoms with van der Waals surface area (Å²) < 4.78 is 6.40. The highest BCUT2D eigenvalue weighted by atomic mass is 79.9. The summed E-state index contributed by atoms with van der Waals surface area (Å²) in [6.45, 7) is 2.01. The molecule has 2 aliphatic rings. The van der Waals surface area contributed by atoms with Crippen LogP contribution in [0.4, 0.5) is 11.4 Å². The molecule has 2 aromatic carbocycles. The molecule has 8 heteroatoms. The van der Waals surface area contributed by atoms with Crippen molar-refractivity contribution in [1.29, 1.82) is 0 Å². The molecule has 0 spiro atoms. The molecule has 2 heterocycles. The summed E-state index contributed by atoms with van der Waals surface area (Å²) in [4.78, 5) is 51.6. The van der Waals surface area contributed by atoms with Crippen LogP contribution in [0.25, 0.3) is 0 Å². The van der Waals surface area contributed by atoms with Crippen LogP contribution in [0, 0.1) is 12.8 Å². The number of nitrogens with zero attached hydrogens (tertiary/aromatic N) is 2. The van der Waals surface area contributed by atoms with Crippen LogP contribution in [-0.2, 0) is 19.2 Å². The van der Waals surface area contributed by atoms with Crippen LogP contribution in [-0.4, -0.2) is 30.2 Å². The molecule has 2 saturated heterocycles. The molecule has 0 aromatic heterocycles. The zero-order chi connectivity index (χ0) is 21.4. The number of aryl methyl sites for hydroxylation is 1. The Bertz CT molecular complexity index is 1030. The van der Waals surface area contributed by atoms with Crippen LogP contribution >= 0.6 is 15.9 Å². The Morgan fingerprint density at radius 3 is 2.30 bits per heavy atom. The van der Waals surface area contributed by atoms with E-state index in [0.717, 1.165) is 10.2 Å². The van der Waals surface area contributed by atoms with E-state index >= 15 is 0 Å². The molecule has 0 aliphatic carbocycles. The van der Waals surface area contributed by atoms with Gasteiger partial charge in [0.25, 0.3) is 0 Å². The van der Waals surface area contributed by atoms with Gasteiger partial charge in [0.1, 0.15) is 5.75 Å². The third-order valence-corrected chi connectivity index (χ3v) is 5.80. The molecule has 2 aliphatic heterocycles. The Kier molecular flexibility index (Phi) is 5.42. The maximum Gasteiger partial charge on any atom is 0.316 e. The predicted octanol–water partition coefficient (Wildman–Crippen LogP) is 3.37. The lowest BCUT2D eigenvalue weighted by molar-refractivity contribution is -0.139. The summed E-state index contributed by atoms with van der Waals surface area (Å²) in [7, 11) is 0. The van der Waals surface area contributed by atoms with Crippen molar-refractivity contribution in [1.82, 2.24) is 0 Å². The van der Waals surface area contributed by atoms with E-state index in [0.29, 0.717) is 17.0 Å². The lowest BCUT2D eigenvalue weighted by atomic mass is 10.1. The van der Waals surface area contributed by atoms with Gasteiger partial charge in [0.15, 0.2) is 0 Å². The first-order chi connectivity index (χ1) is 14.3. The number of ether oxygens (including phenoxy) is 1. The van der Waals surface area contributed by atoms with E-state index < -0.39 is 11.9 Å². The first-order valence-electron chi connectivity index (χ1n) is 9.57. The van der Waals surface area contributed by atoms with Crippen molar-refractivity contribution >= 4 is 51.0 Å². The minimum Gasteiger partial charge on any atom is -0.426 e. The molecule has 4 rings (SSSR count). The molecule has 0 bridgehead atoms. The van der Waals surface area contributed by atoms with Gasteiger partial charge in [-0.2, -0.15) is 0 Å². The van der Waals surface area contributed by atoms with E-state index in [-0.39, 0.29) is 43.5 Å². The van der Waals surface area contributed by atoms with Crippen LogP contribution in [0.3, 0.4) is 0 Å². The lowest BCUT2D eigenvalue weighted by Crippen LogP contribution is -2.29. The van der Waals surface area contributed by atoms with Crippen LogP contribution in [0.1, 0.15) is 24.8 Å². The fourth-order valence-corrected chi connectivity index (χ4v) is 3.99. The maximum absolute atomic E-state index is 12.6. The predicted molar refractivity (Wildman–Crippen MR) is 113 cm³/mol. The van der Waals surface area contributed by atoms with E-state index in [1.54, 1.807) is 30.0 Å². The number of rotatable bonds is 4. The maximum atomic E-state index is 12.6. The second kappa shape index (κ2) is 8.02. The number of esters is 1. The van der Waals surface area contributed by atoms with E-state index in [2.05, 4.69) is 15.9 Å². The van der Waals surface area contributed by atoms with Crippen molar-refractivity contribution in [3.63, 3.8) is 0 Å². The number of hydrogen-bond acceptors (Lipinski definition) is 5. The van der Waals surface area contributed by atoms with Gasteiger partial charge in [-0.3, -0.25) is 24.1 Å². The quantitative estimate of drug-likeness (QED) is 0.388. The van der Waals surface area contributed by atoms with Crippen molar-refractivity contribution in [2.24, 2.45) is 5.92 Å². The number of carbonyl (C=O) groups is 4. The average Bonchev–Trinajstić information content (AvgIpc) is 3.25. The molecule has 3 amide bonds. The van der Waals surface area contributed by atoms with E-state index in [1.165, 1.54) is 4.90 Å². The highest BCUT2D eigenvalue weighted by Gasteiger charge is 2.36. The van der Waals surface area contributed by atoms with Crippen LogP contribution < -0.4 is 14.5 Å². The third kappa shape index (κ3) is 3.87. The van der Waals surface area contributed by atoms with E-state index in [1.807, 2.05) is 24.3 Å². The molecule has 30 heavy (non-hydrogen) atoms. The van der Waals surface area contributed by atoms with Crippen molar-refractivity contribution in [3.8, 4) is 5.75 Å². The molecule has 2 fully saturated rings. The summed E-state index contributed by atoms with van der Waals surface area (Å²) in [6, 6.07) is 12.1. The Balaban J connectivity index is 1.44. The lowest BCUT2D eigenvalue weighted by Gasteiger charge is -2.18. The topological polar surface area (TPSA) is 84.0 Å². The van der Waals surface area contributed by atoms with Gasteiger partial charge in [0.2, 0.25) is 17.7 Å². The van der Waals surface area contributed by atoms with Gasteiger partial charge < -0.3 is 9.64 Å². The molecule has 154 valence electrons.